The number of esters is 1. The van der Waals surface area contributed by atoms with Gasteiger partial charge in [0.15, 0.2) is 18.4 Å². The smallest absolute Gasteiger partial charge is 0.305 e. The molecule has 7 fully saturated rings. The van der Waals surface area contributed by atoms with E-state index in [1.54, 1.807) is 6.92 Å². The van der Waals surface area contributed by atoms with E-state index in [9.17, 15) is 30.3 Å². The first-order chi connectivity index (χ1) is 32.6. The van der Waals surface area contributed by atoms with Crippen LogP contribution in [-0.2, 0) is 38.0 Å². The molecule has 0 aromatic carbocycles. The quantitative estimate of drug-likeness (QED) is 0.0446. The minimum absolute atomic E-state index is 0.0343. The molecular weight excluding hydrogens is 869 g/mol. The standard InChI is InChI=1S/C55H92O13/c1-7-8-9-10-11-12-13-14-15-16-17-18-19-20-43(56)62-32-42-46(58)50(67-51-48(60)47(59)45(57)35(4)64-51)49(61)52(66-42)65-37-24-26-53(5)36(29-37)21-22-38-39(53)25-27-54(6)40(38)30-41-44(54)34(3)55(68-41)28-23-33(2)31-63-55/h21,33-35,37-42,44-52,57-61H,7-20,22-32H2,1-6H3. The lowest BCUT2D eigenvalue weighted by Gasteiger charge is -2.58. The largest absolute Gasteiger partial charge is 0.463 e. The van der Waals surface area contributed by atoms with E-state index in [0.717, 1.165) is 58.0 Å². The highest BCUT2D eigenvalue weighted by Crippen LogP contribution is 2.70. The SMILES string of the molecule is CCCCCCCCCCCCCCCC(=O)OCC1OC(OC2CCC3(C)C(=CCC4C3CCC3(C)C4CC4OC5(CCC(C)CO5)C(C)C43)C2)C(O)C(OC2OC(C)C(O)C(O)C2O)C1O. The average Bonchev–Trinajstić information content (AvgIpc) is 3.77. The van der Waals surface area contributed by atoms with Crippen LogP contribution in [0.4, 0.5) is 0 Å². The van der Waals surface area contributed by atoms with E-state index in [2.05, 4.69) is 40.7 Å². The minimum Gasteiger partial charge on any atom is -0.463 e. The fraction of sp³-hybridized carbons (Fsp3) is 0.945. The summed E-state index contributed by atoms with van der Waals surface area (Å²) in [6, 6.07) is 0. The van der Waals surface area contributed by atoms with Crippen molar-refractivity contribution >= 4 is 5.97 Å². The molecule has 0 aromatic heterocycles. The fourth-order valence-corrected chi connectivity index (χ4v) is 15.1. The second kappa shape index (κ2) is 22.9. The van der Waals surface area contributed by atoms with Crippen LogP contribution >= 0.6 is 0 Å². The highest BCUT2D eigenvalue weighted by molar-refractivity contribution is 5.69. The van der Waals surface area contributed by atoms with E-state index in [0.29, 0.717) is 48.3 Å². The van der Waals surface area contributed by atoms with Gasteiger partial charge in [-0.25, -0.2) is 0 Å². The Hall–Kier alpha value is -1.23. The van der Waals surface area contributed by atoms with Crippen LogP contribution in [0.5, 0.6) is 0 Å². The Balaban J connectivity index is 0.859. The van der Waals surface area contributed by atoms with Crippen molar-refractivity contribution < 1.29 is 63.5 Å². The molecule has 8 aliphatic rings. The van der Waals surface area contributed by atoms with Gasteiger partial charge in [0.25, 0.3) is 0 Å². The van der Waals surface area contributed by atoms with Crippen LogP contribution in [0.15, 0.2) is 11.6 Å². The summed E-state index contributed by atoms with van der Waals surface area (Å²) in [6.45, 7) is 14.0. The van der Waals surface area contributed by atoms with E-state index in [4.69, 9.17) is 33.2 Å². The van der Waals surface area contributed by atoms with Gasteiger partial charge in [-0.15, -0.1) is 0 Å². The molecule has 4 saturated heterocycles. The third-order valence-corrected chi connectivity index (χ3v) is 19.3. The normalized spacial score (nSPS) is 46.7. The Kier molecular flexibility index (Phi) is 17.9. The van der Waals surface area contributed by atoms with Crippen LogP contribution < -0.4 is 0 Å². The van der Waals surface area contributed by atoms with Crippen LogP contribution in [0.2, 0.25) is 0 Å². The van der Waals surface area contributed by atoms with Crippen molar-refractivity contribution in [2.45, 2.75) is 269 Å². The van der Waals surface area contributed by atoms with Crippen molar-refractivity contribution in [2.75, 3.05) is 13.2 Å². The molecule has 0 radical (unpaired) electrons. The predicted octanol–water partition coefficient (Wildman–Crippen LogP) is 8.42. The van der Waals surface area contributed by atoms with Gasteiger partial charge in [0.05, 0.1) is 24.9 Å². The topological polar surface area (TPSA) is 183 Å². The average molecular weight is 961 g/mol. The van der Waals surface area contributed by atoms with Gasteiger partial charge in [-0.05, 0) is 105 Å². The van der Waals surface area contributed by atoms with Crippen molar-refractivity contribution in [1.29, 1.82) is 0 Å². The van der Waals surface area contributed by atoms with Crippen LogP contribution in [-0.4, -0.2) is 124 Å². The number of hydrogen-bond acceptors (Lipinski definition) is 13. The molecule has 13 nitrogen and oxygen atoms in total. The molecule has 21 unspecified atom stereocenters. The van der Waals surface area contributed by atoms with Crippen molar-refractivity contribution in [1.82, 2.24) is 0 Å². The van der Waals surface area contributed by atoms with Crippen LogP contribution in [0.1, 0.15) is 189 Å². The molecule has 4 heterocycles. The summed E-state index contributed by atoms with van der Waals surface area (Å²) in [5.74, 6) is 2.46. The summed E-state index contributed by atoms with van der Waals surface area (Å²) in [4.78, 5) is 13.0. The highest BCUT2D eigenvalue weighted by atomic mass is 16.7. The van der Waals surface area contributed by atoms with E-state index in [1.807, 2.05) is 0 Å². The van der Waals surface area contributed by atoms with Crippen molar-refractivity contribution in [3.05, 3.63) is 11.6 Å². The zero-order valence-corrected chi connectivity index (χ0v) is 42.6. The number of aliphatic hydroxyl groups excluding tert-OH is 5. The van der Waals surface area contributed by atoms with E-state index < -0.39 is 73.2 Å². The summed E-state index contributed by atoms with van der Waals surface area (Å²) in [6.07, 6.45) is 13.8. The molecule has 390 valence electrons. The highest BCUT2D eigenvalue weighted by Gasteiger charge is 2.69. The first-order valence-corrected chi connectivity index (χ1v) is 27.8. The van der Waals surface area contributed by atoms with Gasteiger partial charge >= 0.3 is 5.97 Å². The van der Waals surface area contributed by atoms with Gasteiger partial charge < -0.3 is 58.7 Å². The van der Waals surface area contributed by atoms with Crippen LogP contribution in [0, 0.1) is 46.3 Å². The number of aliphatic hydroxyl groups is 5. The molecule has 4 aliphatic heterocycles. The maximum Gasteiger partial charge on any atom is 0.305 e. The maximum atomic E-state index is 13.0. The predicted molar refractivity (Wildman–Crippen MR) is 256 cm³/mol. The fourth-order valence-electron chi connectivity index (χ4n) is 15.1. The number of rotatable bonds is 20. The summed E-state index contributed by atoms with van der Waals surface area (Å²) >= 11 is 0. The second-order valence-corrected chi connectivity index (χ2v) is 23.8. The van der Waals surface area contributed by atoms with Crippen molar-refractivity contribution in [3.63, 3.8) is 0 Å². The van der Waals surface area contributed by atoms with Gasteiger partial charge in [0.1, 0.15) is 49.3 Å². The molecule has 5 N–H and O–H groups in total. The Morgan fingerprint density at radius 3 is 2.09 bits per heavy atom. The molecule has 68 heavy (non-hydrogen) atoms. The van der Waals surface area contributed by atoms with Crippen LogP contribution in [0.25, 0.3) is 0 Å². The lowest BCUT2D eigenvalue weighted by atomic mass is 9.47. The van der Waals surface area contributed by atoms with Gasteiger partial charge in [0.2, 0.25) is 0 Å². The van der Waals surface area contributed by atoms with E-state index in [-0.39, 0.29) is 36.1 Å². The van der Waals surface area contributed by atoms with Gasteiger partial charge in [-0.1, -0.05) is 123 Å². The van der Waals surface area contributed by atoms with E-state index >= 15 is 0 Å². The number of fused-ring (bicyclic) bond motifs is 7. The Morgan fingerprint density at radius 1 is 0.735 bits per heavy atom. The summed E-state index contributed by atoms with van der Waals surface area (Å²) in [5, 5.41) is 55.2. The molecule has 4 aliphatic carbocycles. The first-order valence-electron chi connectivity index (χ1n) is 27.8. The van der Waals surface area contributed by atoms with Gasteiger partial charge in [-0.3, -0.25) is 4.79 Å². The molecule has 1 spiro atoms. The summed E-state index contributed by atoms with van der Waals surface area (Å²) in [5.41, 5.74) is 1.67. The number of allylic oxidation sites excluding steroid dienone is 1. The zero-order valence-electron chi connectivity index (χ0n) is 42.6. The zero-order chi connectivity index (χ0) is 48.4. The Bertz CT molecular complexity index is 1650. The molecule has 0 amide bonds. The van der Waals surface area contributed by atoms with Crippen molar-refractivity contribution in [3.8, 4) is 0 Å². The Labute approximate surface area is 408 Å². The first kappa shape index (κ1) is 53.1. The molecule has 21 atom stereocenters. The number of carbonyl (C=O) groups is 1. The number of ether oxygens (including phenoxy) is 7. The number of unbranched alkanes of at least 4 members (excludes halogenated alkanes) is 12. The molecular formula is C55H92O13. The molecule has 13 heteroatoms. The third kappa shape index (κ3) is 11.0. The lowest BCUT2D eigenvalue weighted by molar-refractivity contribution is -0.361. The molecule has 3 saturated carbocycles. The monoisotopic (exact) mass is 961 g/mol. The summed E-state index contributed by atoms with van der Waals surface area (Å²) in [7, 11) is 0. The van der Waals surface area contributed by atoms with Crippen LogP contribution in [0.3, 0.4) is 0 Å². The number of carbonyl (C=O) groups excluding carboxylic acids is 1. The molecule has 0 bridgehead atoms. The Morgan fingerprint density at radius 2 is 1.41 bits per heavy atom. The number of hydrogen-bond donors (Lipinski definition) is 5. The summed E-state index contributed by atoms with van der Waals surface area (Å²) < 4.78 is 44.0. The van der Waals surface area contributed by atoms with Crippen molar-refractivity contribution in [2.24, 2.45) is 46.3 Å². The van der Waals surface area contributed by atoms with E-state index in [1.165, 1.54) is 82.6 Å². The van der Waals surface area contributed by atoms with Gasteiger partial charge in [0, 0.05) is 18.8 Å². The minimum atomic E-state index is -1.65. The second-order valence-electron chi connectivity index (χ2n) is 23.8. The molecule has 8 rings (SSSR count). The molecule has 0 aromatic rings. The lowest BCUT2D eigenvalue weighted by Crippen LogP contribution is -2.64. The van der Waals surface area contributed by atoms with Gasteiger partial charge in [-0.2, -0.15) is 0 Å². The maximum absolute atomic E-state index is 13.0. The third-order valence-electron chi connectivity index (χ3n) is 19.3.